The lowest BCUT2D eigenvalue weighted by Gasteiger charge is -2.39. The Balaban J connectivity index is 1.97. The molecule has 0 radical (unpaired) electrons. The Morgan fingerprint density at radius 3 is 2.62 bits per heavy atom. The smallest absolute Gasteiger partial charge is 0.168 e. The predicted octanol–water partition coefficient (Wildman–Crippen LogP) is 1.12. The van der Waals surface area contributed by atoms with Gasteiger partial charge in [0.15, 0.2) is 5.79 Å². The molecule has 2 atom stereocenters. The highest BCUT2D eigenvalue weighted by atomic mass is 16.7. The summed E-state index contributed by atoms with van der Waals surface area (Å²) in [7, 11) is 0. The van der Waals surface area contributed by atoms with Crippen LogP contribution in [0.4, 0.5) is 0 Å². The molecule has 0 aromatic rings. The maximum Gasteiger partial charge on any atom is 0.168 e. The van der Waals surface area contributed by atoms with Crippen molar-refractivity contribution in [3.63, 3.8) is 0 Å². The van der Waals surface area contributed by atoms with Crippen molar-refractivity contribution in [2.45, 2.75) is 32.0 Å². The van der Waals surface area contributed by atoms with Gasteiger partial charge in [-0.15, -0.1) is 0 Å². The van der Waals surface area contributed by atoms with Crippen LogP contribution in [-0.4, -0.2) is 25.5 Å². The van der Waals surface area contributed by atoms with Crippen LogP contribution in [0.5, 0.6) is 0 Å². The third kappa shape index (κ3) is 1.73. The third-order valence-electron chi connectivity index (χ3n) is 3.45. The summed E-state index contributed by atoms with van der Waals surface area (Å²) < 4.78 is 11.4. The Morgan fingerprint density at radius 1 is 1.38 bits per heavy atom. The molecule has 1 aliphatic carbocycles. The first kappa shape index (κ1) is 9.44. The van der Waals surface area contributed by atoms with E-state index < -0.39 is 0 Å². The Labute approximate surface area is 79.6 Å². The fraction of sp³-hybridized carbons (Fsp3) is 1.00. The number of nitrogens with two attached hydrogens (primary N) is 1. The average Bonchev–Trinajstić information content (AvgIpc) is 2.54. The van der Waals surface area contributed by atoms with Crippen LogP contribution in [0.3, 0.4) is 0 Å². The van der Waals surface area contributed by atoms with Crippen molar-refractivity contribution in [1.82, 2.24) is 0 Å². The summed E-state index contributed by atoms with van der Waals surface area (Å²) in [4.78, 5) is 0. The molecule has 0 aromatic heterocycles. The maximum atomic E-state index is 5.70. The van der Waals surface area contributed by atoms with Gasteiger partial charge in [0.05, 0.1) is 13.2 Å². The molecule has 1 spiro atoms. The third-order valence-corrected chi connectivity index (χ3v) is 3.45. The van der Waals surface area contributed by atoms with Crippen molar-refractivity contribution in [3.05, 3.63) is 0 Å². The Morgan fingerprint density at radius 2 is 2.08 bits per heavy atom. The molecule has 2 fully saturated rings. The highest BCUT2D eigenvalue weighted by molar-refractivity contribution is 4.86. The molecular weight excluding hydrogens is 166 g/mol. The zero-order valence-electron chi connectivity index (χ0n) is 8.29. The van der Waals surface area contributed by atoms with Crippen molar-refractivity contribution in [3.8, 4) is 0 Å². The van der Waals surface area contributed by atoms with Crippen LogP contribution in [0, 0.1) is 11.8 Å². The van der Waals surface area contributed by atoms with E-state index in [2.05, 4.69) is 6.92 Å². The van der Waals surface area contributed by atoms with Crippen molar-refractivity contribution in [2.24, 2.45) is 17.6 Å². The topological polar surface area (TPSA) is 44.5 Å². The molecule has 1 heterocycles. The van der Waals surface area contributed by atoms with Gasteiger partial charge in [0.1, 0.15) is 0 Å². The fourth-order valence-corrected chi connectivity index (χ4v) is 2.56. The molecule has 0 amide bonds. The Hall–Kier alpha value is -0.120. The normalized spacial score (nSPS) is 38.3. The maximum absolute atomic E-state index is 5.70. The van der Waals surface area contributed by atoms with Crippen LogP contribution in [0.25, 0.3) is 0 Å². The molecule has 2 aliphatic rings. The van der Waals surface area contributed by atoms with Gasteiger partial charge < -0.3 is 15.2 Å². The molecule has 1 aliphatic heterocycles. The van der Waals surface area contributed by atoms with Gasteiger partial charge in [-0.05, 0) is 24.8 Å². The molecule has 13 heavy (non-hydrogen) atoms. The van der Waals surface area contributed by atoms with E-state index in [1.165, 1.54) is 0 Å². The summed E-state index contributed by atoms with van der Waals surface area (Å²) in [5, 5.41) is 0. The fourth-order valence-electron chi connectivity index (χ4n) is 2.56. The summed E-state index contributed by atoms with van der Waals surface area (Å²) in [6.07, 6.45) is 3.20. The number of ether oxygens (including phenoxy) is 2. The molecule has 76 valence electrons. The minimum atomic E-state index is -0.231. The van der Waals surface area contributed by atoms with Gasteiger partial charge in [-0.2, -0.15) is 0 Å². The van der Waals surface area contributed by atoms with E-state index in [1.54, 1.807) is 0 Å². The first-order valence-corrected chi connectivity index (χ1v) is 5.24. The van der Waals surface area contributed by atoms with Crippen LogP contribution >= 0.6 is 0 Å². The molecule has 3 nitrogen and oxygen atoms in total. The highest BCUT2D eigenvalue weighted by Gasteiger charge is 2.42. The van der Waals surface area contributed by atoms with E-state index in [1.807, 2.05) is 0 Å². The van der Waals surface area contributed by atoms with E-state index in [4.69, 9.17) is 15.2 Å². The molecule has 1 saturated carbocycles. The number of rotatable bonds is 1. The Kier molecular flexibility index (Phi) is 2.58. The summed E-state index contributed by atoms with van der Waals surface area (Å²) in [5.41, 5.74) is 5.70. The number of hydrogen-bond acceptors (Lipinski definition) is 3. The monoisotopic (exact) mass is 185 g/mol. The van der Waals surface area contributed by atoms with E-state index in [9.17, 15) is 0 Å². The van der Waals surface area contributed by atoms with Gasteiger partial charge >= 0.3 is 0 Å². The predicted molar refractivity (Wildman–Crippen MR) is 50.2 cm³/mol. The van der Waals surface area contributed by atoms with Crippen molar-refractivity contribution < 1.29 is 9.47 Å². The van der Waals surface area contributed by atoms with Crippen molar-refractivity contribution in [2.75, 3.05) is 19.8 Å². The Bertz CT molecular complexity index is 178. The SMILES string of the molecule is C[C@H]1CC2(CCC1CN)OCCO2. The lowest BCUT2D eigenvalue weighted by Crippen LogP contribution is -2.41. The van der Waals surface area contributed by atoms with Crippen molar-refractivity contribution in [1.29, 1.82) is 0 Å². The van der Waals surface area contributed by atoms with Gasteiger partial charge in [0.25, 0.3) is 0 Å². The van der Waals surface area contributed by atoms with Gasteiger partial charge in [-0.25, -0.2) is 0 Å². The zero-order valence-corrected chi connectivity index (χ0v) is 8.29. The lowest BCUT2D eigenvalue weighted by molar-refractivity contribution is -0.192. The minimum Gasteiger partial charge on any atom is -0.348 e. The van der Waals surface area contributed by atoms with E-state index in [-0.39, 0.29) is 5.79 Å². The van der Waals surface area contributed by atoms with Crippen LogP contribution < -0.4 is 5.73 Å². The van der Waals surface area contributed by atoms with E-state index in [0.29, 0.717) is 11.8 Å². The van der Waals surface area contributed by atoms with Crippen LogP contribution in [-0.2, 0) is 9.47 Å². The molecule has 0 bridgehead atoms. The van der Waals surface area contributed by atoms with Crippen molar-refractivity contribution >= 4 is 0 Å². The van der Waals surface area contributed by atoms with Gasteiger partial charge in [0.2, 0.25) is 0 Å². The first-order chi connectivity index (χ1) is 6.26. The summed E-state index contributed by atoms with van der Waals surface area (Å²) in [5.74, 6) is 1.07. The van der Waals surface area contributed by atoms with Gasteiger partial charge in [-0.3, -0.25) is 0 Å². The van der Waals surface area contributed by atoms with Crippen LogP contribution in [0.15, 0.2) is 0 Å². The molecule has 2 rings (SSSR count). The molecule has 1 unspecified atom stereocenters. The standard InChI is InChI=1S/C10H19NO2/c1-8-6-10(12-4-5-13-10)3-2-9(8)7-11/h8-9H,2-7,11H2,1H3/t8-,9?/m0/s1. The number of hydrogen-bond donors (Lipinski definition) is 1. The van der Waals surface area contributed by atoms with E-state index in [0.717, 1.165) is 39.0 Å². The van der Waals surface area contributed by atoms with Gasteiger partial charge in [0, 0.05) is 12.8 Å². The van der Waals surface area contributed by atoms with E-state index >= 15 is 0 Å². The molecular formula is C10H19NO2. The first-order valence-electron chi connectivity index (χ1n) is 5.24. The molecule has 2 N–H and O–H groups in total. The molecule has 0 aromatic carbocycles. The molecule has 3 heteroatoms. The zero-order chi connectivity index (χ0) is 9.31. The summed E-state index contributed by atoms with van der Waals surface area (Å²) in [6, 6.07) is 0. The van der Waals surface area contributed by atoms with Crippen LogP contribution in [0.2, 0.25) is 0 Å². The van der Waals surface area contributed by atoms with Gasteiger partial charge in [-0.1, -0.05) is 6.92 Å². The molecule has 1 saturated heterocycles. The largest absolute Gasteiger partial charge is 0.348 e. The minimum absolute atomic E-state index is 0.231. The average molecular weight is 185 g/mol. The lowest BCUT2D eigenvalue weighted by atomic mass is 9.77. The second kappa shape index (κ2) is 3.56. The van der Waals surface area contributed by atoms with Crippen LogP contribution in [0.1, 0.15) is 26.2 Å². The quantitative estimate of drug-likeness (QED) is 0.666. The summed E-state index contributed by atoms with van der Waals surface area (Å²) >= 11 is 0. The second-order valence-electron chi connectivity index (χ2n) is 4.32. The summed E-state index contributed by atoms with van der Waals surface area (Å²) in [6.45, 7) is 4.58. The second-order valence-corrected chi connectivity index (χ2v) is 4.32. The highest BCUT2D eigenvalue weighted by Crippen LogP contribution is 2.40.